The van der Waals surface area contributed by atoms with Gasteiger partial charge in [-0.25, -0.2) is 9.37 Å². The second-order valence-corrected chi connectivity index (χ2v) is 9.15. The Balaban J connectivity index is 0.00000320. The molecule has 0 fully saturated rings. The highest BCUT2D eigenvalue weighted by atomic mass is 35.5. The van der Waals surface area contributed by atoms with Gasteiger partial charge in [-0.05, 0) is 75.4 Å². The number of fused-ring (bicyclic) bond motifs is 1. The van der Waals surface area contributed by atoms with Crippen molar-refractivity contribution in [2.24, 2.45) is 0 Å². The van der Waals surface area contributed by atoms with Crippen molar-refractivity contribution in [2.45, 2.75) is 24.7 Å². The van der Waals surface area contributed by atoms with Crippen molar-refractivity contribution >= 4 is 56.8 Å². The second-order valence-electron chi connectivity index (χ2n) is 7.10. The fourth-order valence-corrected chi connectivity index (χ4v) is 4.77. The van der Waals surface area contributed by atoms with E-state index in [0.29, 0.717) is 12.3 Å². The average molecular weight is 468 g/mol. The lowest BCUT2D eigenvalue weighted by atomic mass is 10.2. The molecule has 1 aromatic heterocycles. The molecular formula is C22H27ClFN3OS2. The normalized spacial score (nSPS) is 11.0. The van der Waals surface area contributed by atoms with Gasteiger partial charge in [0, 0.05) is 11.4 Å². The number of benzene rings is 2. The summed E-state index contributed by atoms with van der Waals surface area (Å²) in [5.41, 5.74) is 2.20. The lowest BCUT2D eigenvalue weighted by Crippen LogP contribution is -2.34. The van der Waals surface area contributed by atoms with Crippen LogP contribution in [0.3, 0.4) is 0 Å². The SMILES string of the molecule is CCc1ccc2nc(N(CCCN(C)C)C(=O)CSc3ccc(F)cc3)sc2c1.Cl. The molecule has 162 valence electrons. The van der Waals surface area contributed by atoms with Crippen molar-refractivity contribution in [3.8, 4) is 0 Å². The van der Waals surface area contributed by atoms with Crippen LogP contribution in [0.5, 0.6) is 0 Å². The predicted molar refractivity (Wildman–Crippen MR) is 129 cm³/mol. The van der Waals surface area contributed by atoms with E-state index in [-0.39, 0.29) is 24.1 Å². The van der Waals surface area contributed by atoms with Crippen LogP contribution in [0, 0.1) is 5.82 Å². The van der Waals surface area contributed by atoms with E-state index >= 15 is 0 Å². The van der Waals surface area contributed by atoms with Gasteiger partial charge in [0.05, 0.1) is 16.0 Å². The van der Waals surface area contributed by atoms with Crippen molar-refractivity contribution in [1.29, 1.82) is 0 Å². The molecule has 0 saturated heterocycles. The Labute approximate surface area is 191 Å². The number of carbonyl (C=O) groups excluding carboxylic acids is 1. The van der Waals surface area contributed by atoms with Crippen LogP contribution in [0.25, 0.3) is 10.2 Å². The molecule has 0 radical (unpaired) electrons. The van der Waals surface area contributed by atoms with Gasteiger partial charge in [-0.15, -0.1) is 24.2 Å². The first-order valence-corrected chi connectivity index (χ1v) is 11.5. The van der Waals surface area contributed by atoms with Crippen LogP contribution in [0.4, 0.5) is 9.52 Å². The van der Waals surface area contributed by atoms with E-state index in [1.165, 1.54) is 29.5 Å². The molecule has 2 aromatic carbocycles. The topological polar surface area (TPSA) is 36.4 Å². The minimum absolute atomic E-state index is 0. The summed E-state index contributed by atoms with van der Waals surface area (Å²) in [6, 6.07) is 12.5. The summed E-state index contributed by atoms with van der Waals surface area (Å²) >= 11 is 2.99. The third-order valence-corrected chi connectivity index (χ3v) is 6.58. The third-order valence-electron chi connectivity index (χ3n) is 4.54. The highest BCUT2D eigenvalue weighted by Crippen LogP contribution is 2.31. The number of halogens is 2. The van der Waals surface area contributed by atoms with Crippen molar-refractivity contribution in [3.05, 3.63) is 53.8 Å². The van der Waals surface area contributed by atoms with Gasteiger partial charge in [-0.1, -0.05) is 24.3 Å². The van der Waals surface area contributed by atoms with E-state index in [4.69, 9.17) is 4.98 Å². The summed E-state index contributed by atoms with van der Waals surface area (Å²) in [4.78, 5) is 22.6. The van der Waals surface area contributed by atoms with E-state index in [2.05, 4.69) is 24.0 Å². The Bertz CT molecular complexity index is 963. The Hall–Kier alpha value is -1.67. The van der Waals surface area contributed by atoms with Gasteiger partial charge in [-0.2, -0.15) is 0 Å². The number of anilines is 1. The van der Waals surface area contributed by atoms with Gasteiger partial charge in [0.15, 0.2) is 5.13 Å². The molecule has 3 rings (SSSR count). The fraction of sp³-hybridized carbons (Fsp3) is 0.364. The average Bonchev–Trinajstić information content (AvgIpc) is 3.13. The number of thioether (sulfide) groups is 1. The van der Waals surface area contributed by atoms with Crippen LogP contribution in [0.1, 0.15) is 18.9 Å². The number of nitrogens with zero attached hydrogens (tertiary/aromatic N) is 3. The molecule has 0 atom stereocenters. The van der Waals surface area contributed by atoms with Crippen molar-refractivity contribution in [1.82, 2.24) is 9.88 Å². The van der Waals surface area contributed by atoms with Gasteiger partial charge in [-0.3, -0.25) is 9.69 Å². The summed E-state index contributed by atoms with van der Waals surface area (Å²) in [5.74, 6) is 0.0452. The number of aromatic nitrogens is 1. The molecule has 3 aromatic rings. The Morgan fingerprint density at radius 3 is 2.53 bits per heavy atom. The molecule has 0 aliphatic heterocycles. The van der Waals surface area contributed by atoms with E-state index in [9.17, 15) is 9.18 Å². The molecule has 0 unspecified atom stereocenters. The van der Waals surface area contributed by atoms with Crippen molar-refractivity contribution in [2.75, 3.05) is 37.8 Å². The maximum atomic E-state index is 13.1. The summed E-state index contributed by atoms with van der Waals surface area (Å²) < 4.78 is 14.2. The largest absolute Gasteiger partial charge is 0.309 e. The first kappa shape index (κ1) is 24.6. The third kappa shape index (κ3) is 6.67. The number of carbonyl (C=O) groups is 1. The van der Waals surface area contributed by atoms with Crippen molar-refractivity contribution in [3.63, 3.8) is 0 Å². The standard InChI is InChI=1S/C22H26FN3OS2.ClH/c1-4-16-6-11-19-20(14-16)29-22(24-19)26(13-5-12-25(2)3)21(27)15-28-18-9-7-17(23)8-10-18;/h6-11,14H,4-5,12-13,15H2,1-3H3;1H. The molecule has 1 heterocycles. The molecule has 0 spiro atoms. The summed E-state index contributed by atoms with van der Waals surface area (Å²) in [6.07, 6.45) is 1.85. The molecule has 0 aliphatic carbocycles. The zero-order valence-electron chi connectivity index (χ0n) is 17.4. The van der Waals surface area contributed by atoms with Gasteiger partial charge >= 0.3 is 0 Å². The Morgan fingerprint density at radius 1 is 1.13 bits per heavy atom. The first-order valence-electron chi connectivity index (χ1n) is 9.69. The van der Waals surface area contributed by atoms with Crippen LogP contribution >= 0.6 is 35.5 Å². The number of hydrogen-bond acceptors (Lipinski definition) is 5. The predicted octanol–water partition coefficient (Wildman–Crippen LogP) is 5.50. The Morgan fingerprint density at radius 2 is 1.87 bits per heavy atom. The molecule has 8 heteroatoms. The molecule has 1 amide bonds. The van der Waals surface area contributed by atoms with Gasteiger partial charge < -0.3 is 4.90 Å². The monoisotopic (exact) mass is 467 g/mol. The second kappa shape index (κ2) is 11.6. The van der Waals surface area contributed by atoms with Crippen LogP contribution in [0.2, 0.25) is 0 Å². The molecule has 30 heavy (non-hydrogen) atoms. The minimum atomic E-state index is -0.271. The summed E-state index contributed by atoms with van der Waals surface area (Å²) in [5, 5.41) is 0.747. The van der Waals surface area contributed by atoms with E-state index in [1.54, 1.807) is 28.4 Å². The van der Waals surface area contributed by atoms with Crippen LogP contribution in [-0.4, -0.2) is 48.7 Å². The number of thiazole rings is 1. The van der Waals surface area contributed by atoms with Gasteiger partial charge in [0.2, 0.25) is 5.91 Å². The molecule has 0 saturated carbocycles. The lowest BCUT2D eigenvalue weighted by molar-refractivity contribution is -0.116. The van der Waals surface area contributed by atoms with Gasteiger partial charge in [0.1, 0.15) is 5.82 Å². The molecule has 0 N–H and O–H groups in total. The van der Waals surface area contributed by atoms with Gasteiger partial charge in [0.25, 0.3) is 0 Å². The number of amides is 1. The van der Waals surface area contributed by atoms with Crippen LogP contribution in [-0.2, 0) is 11.2 Å². The number of hydrogen-bond donors (Lipinski definition) is 0. The molecule has 0 aliphatic rings. The van der Waals surface area contributed by atoms with E-state index in [1.807, 2.05) is 20.2 Å². The van der Waals surface area contributed by atoms with Crippen LogP contribution < -0.4 is 4.90 Å². The fourth-order valence-electron chi connectivity index (χ4n) is 2.92. The Kier molecular flexibility index (Phi) is 9.55. The van der Waals surface area contributed by atoms with Crippen molar-refractivity contribution < 1.29 is 9.18 Å². The first-order chi connectivity index (χ1) is 14.0. The maximum Gasteiger partial charge on any atom is 0.239 e. The molecule has 0 bridgehead atoms. The highest BCUT2D eigenvalue weighted by molar-refractivity contribution is 8.00. The number of aryl methyl sites for hydroxylation is 1. The smallest absolute Gasteiger partial charge is 0.239 e. The zero-order valence-corrected chi connectivity index (χ0v) is 19.9. The summed E-state index contributed by atoms with van der Waals surface area (Å²) in [7, 11) is 4.06. The maximum absolute atomic E-state index is 13.1. The minimum Gasteiger partial charge on any atom is -0.309 e. The van der Waals surface area contributed by atoms with E-state index in [0.717, 1.165) is 39.6 Å². The van der Waals surface area contributed by atoms with Crippen LogP contribution in [0.15, 0.2) is 47.4 Å². The highest BCUT2D eigenvalue weighted by Gasteiger charge is 2.20. The molecule has 4 nitrogen and oxygen atoms in total. The zero-order chi connectivity index (χ0) is 20.8. The van der Waals surface area contributed by atoms with E-state index < -0.39 is 0 Å². The lowest BCUT2D eigenvalue weighted by Gasteiger charge is -2.21. The number of rotatable bonds is 9. The molecular weight excluding hydrogens is 441 g/mol. The quantitative estimate of drug-likeness (QED) is 0.389. The summed E-state index contributed by atoms with van der Waals surface area (Å²) in [6.45, 7) is 3.66.